The van der Waals surface area contributed by atoms with Crippen LogP contribution in [0.4, 0.5) is 4.39 Å². The molecule has 2 aromatic carbocycles. The number of aryl methyl sites for hydroxylation is 2. The first-order chi connectivity index (χ1) is 9.95. The molecule has 110 valence electrons. The highest BCUT2D eigenvalue weighted by Gasteiger charge is 2.28. The minimum absolute atomic E-state index is 0.186. The Morgan fingerprint density at radius 3 is 2.52 bits per heavy atom. The summed E-state index contributed by atoms with van der Waals surface area (Å²) in [6, 6.07) is 8.06. The minimum atomic E-state index is -0.334. The maximum Gasteiger partial charge on any atom is 0.127 e. The van der Waals surface area contributed by atoms with Crippen LogP contribution in [-0.4, -0.2) is 5.11 Å². The molecule has 1 heterocycles. The zero-order valence-electron chi connectivity index (χ0n) is 12.1. The molecule has 1 unspecified atom stereocenters. The van der Waals surface area contributed by atoms with E-state index in [1.165, 1.54) is 12.1 Å². The standard InChI is InChI=1S/C17H18FNO2/c1-9-5-11(6-10(2)17(9)20)15-8-14(19)13-4-3-12(18)7-16(13)21-15/h3-7,14-15,20H,8,19H2,1-2H3/t14-,15?/m0/s1. The molecule has 0 spiro atoms. The molecule has 0 bridgehead atoms. The van der Waals surface area contributed by atoms with Gasteiger partial charge < -0.3 is 15.6 Å². The van der Waals surface area contributed by atoms with E-state index in [-0.39, 0.29) is 18.0 Å². The van der Waals surface area contributed by atoms with Crippen molar-refractivity contribution in [1.29, 1.82) is 0 Å². The lowest BCUT2D eigenvalue weighted by Gasteiger charge is -2.31. The van der Waals surface area contributed by atoms with Crippen molar-refractivity contribution in [2.45, 2.75) is 32.4 Å². The van der Waals surface area contributed by atoms with Crippen LogP contribution in [0.3, 0.4) is 0 Å². The summed E-state index contributed by atoms with van der Waals surface area (Å²) in [4.78, 5) is 0. The molecule has 2 aromatic rings. The Bertz CT molecular complexity index is 676. The van der Waals surface area contributed by atoms with Gasteiger partial charge in [-0.25, -0.2) is 4.39 Å². The number of phenols is 1. The first-order valence-electron chi connectivity index (χ1n) is 6.97. The van der Waals surface area contributed by atoms with E-state index in [1.807, 2.05) is 26.0 Å². The lowest BCUT2D eigenvalue weighted by molar-refractivity contribution is 0.160. The highest BCUT2D eigenvalue weighted by Crippen LogP contribution is 2.41. The molecule has 2 atom stereocenters. The third-order valence-corrected chi connectivity index (χ3v) is 4.00. The first kappa shape index (κ1) is 13.9. The average molecular weight is 287 g/mol. The molecule has 1 aliphatic rings. The largest absolute Gasteiger partial charge is 0.507 e. The second-order valence-electron chi connectivity index (χ2n) is 5.63. The number of phenolic OH excluding ortho intramolecular Hbond substituents is 1. The normalized spacial score (nSPS) is 20.8. The monoisotopic (exact) mass is 287 g/mol. The second-order valence-corrected chi connectivity index (χ2v) is 5.63. The van der Waals surface area contributed by atoms with Gasteiger partial charge in [0.05, 0.1) is 0 Å². The zero-order chi connectivity index (χ0) is 15.1. The Morgan fingerprint density at radius 1 is 1.19 bits per heavy atom. The van der Waals surface area contributed by atoms with Gasteiger partial charge in [0.2, 0.25) is 0 Å². The maximum atomic E-state index is 13.4. The van der Waals surface area contributed by atoms with Crippen molar-refractivity contribution in [1.82, 2.24) is 0 Å². The summed E-state index contributed by atoms with van der Waals surface area (Å²) >= 11 is 0. The molecular formula is C17H18FNO2. The molecule has 3 rings (SSSR count). The fourth-order valence-electron chi connectivity index (χ4n) is 2.85. The highest BCUT2D eigenvalue weighted by atomic mass is 19.1. The third kappa shape index (κ3) is 2.47. The van der Waals surface area contributed by atoms with E-state index in [9.17, 15) is 9.50 Å². The Balaban J connectivity index is 1.99. The van der Waals surface area contributed by atoms with Crippen LogP contribution in [0.25, 0.3) is 0 Å². The van der Waals surface area contributed by atoms with Crippen molar-refractivity contribution in [3.05, 3.63) is 58.4 Å². The highest BCUT2D eigenvalue weighted by molar-refractivity contribution is 5.45. The molecule has 4 heteroatoms. The molecule has 3 nitrogen and oxygen atoms in total. The van der Waals surface area contributed by atoms with Gasteiger partial charge in [0.25, 0.3) is 0 Å². The summed E-state index contributed by atoms with van der Waals surface area (Å²) in [6.45, 7) is 3.70. The molecule has 0 saturated heterocycles. The summed E-state index contributed by atoms with van der Waals surface area (Å²) in [5, 5.41) is 9.86. The number of rotatable bonds is 1. The predicted molar refractivity (Wildman–Crippen MR) is 78.9 cm³/mol. The maximum absolute atomic E-state index is 13.4. The van der Waals surface area contributed by atoms with E-state index in [4.69, 9.17) is 10.5 Å². The summed E-state index contributed by atoms with van der Waals surface area (Å²) < 4.78 is 19.3. The minimum Gasteiger partial charge on any atom is -0.507 e. The van der Waals surface area contributed by atoms with E-state index in [0.29, 0.717) is 17.9 Å². The zero-order valence-corrected chi connectivity index (χ0v) is 12.1. The number of ether oxygens (including phenoxy) is 1. The Labute approximate surface area is 123 Å². The SMILES string of the molecule is Cc1cc(C2C[C@H](N)c3ccc(F)cc3O2)cc(C)c1O. The molecule has 21 heavy (non-hydrogen) atoms. The van der Waals surface area contributed by atoms with Crippen LogP contribution < -0.4 is 10.5 Å². The summed E-state index contributed by atoms with van der Waals surface area (Å²) in [7, 11) is 0. The van der Waals surface area contributed by atoms with Crippen molar-refractivity contribution in [2.24, 2.45) is 5.73 Å². The Morgan fingerprint density at radius 2 is 1.86 bits per heavy atom. The van der Waals surface area contributed by atoms with Crippen LogP contribution in [0.1, 0.15) is 40.8 Å². The van der Waals surface area contributed by atoms with Crippen LogP contribution in [0.2, 0.25) is 0 Å². The van der Waals surface area contributed by atoms with Crippen molar-refractivity contribution in [3.8, 4) is 11.5 Å². The van der Waals surface area contributed by atoms with Gasteiger partial charge in [-0.15, -0.1) is 0 Å². The van der Waals surface area contributed by atoms with Gasteiger partial charge in [0.1, 0.15) is 23.4 Å². The lowest BCUT2D eigenvalue weighted by Crippen LogP contribution is -2.24. The summed E-state index contributed by atoms with van der Waals surface area (Å²) in [5.41, 5.74) is 9.56. The molecule has 0 amide bonds. The molecule has 0 aliphatic carbocycles. The van der Waals surface area contributed by atoms with Gasteiger partial charge in [-0.1, -0.05) is 6.07 Å². The fraction of sp³-hybridized carbons (Fsp3) is 0.294. The number of nitrogens with two attached hydrogens (primary N) is 1. The number of hydrogen-bond acceptors (Lipinski definition) is 3. The van der Waals surface area contributed by atoms with Gasteiger partial charge in [-0.2, -0.15) is 0 Å². The molecule has 0 saturated carbocycles. The van der Waals surface area contributed by atoms with Crippen LogP contribution in [-0.2, 0) is 0 Å². The number of benzene rings is 2. The van der Waals surface area contributed by atoms with Crippen molar-refractivity contribution < 1.29 is 14.2 Å². The number of halogens is 1. The molecule has 3 N–H and O–H groups in total. The van der Waals surface area contributed by atoms with Crippen molar-refractivity contribution in [2.75, 3.05) is 0 Å². The van der Waals surface area contributed by atoms with Crippen LogP contribution in [0.15, 0.2) is 30.3 Å². The van der Waals surface area contributed by atoms with Crippen molar-refractivity contribution >= 4 is 0 Å². The number of fused-ring (bicyclic) bond motifs is 1. The van der Waals surface area contributed by atoms with E-state index in [1.54, 1.807) is 6.07 Å². The van der Waals surface area contributed by atoms with Gasteiger partial charge in [-0.3, -0.25) is 0 Å². The lowest BCUT2D eigenvalue weighted by atomic mass is 9.92. The Kier molecular flexibility index (Phi) is 3.33. The van der Waals surface area contributed by atoms with E-state index in [0.717, 1.165) is 22.3 Å². The topological polar surface area (TPSA) is 55.5 Å². The van der Waals surface area contributed by atoms with Gasteiger partial charge in [-0.05, 0) is 48.7 Å². The summed E-state index contributed by atoms with van der Waals surface area (Å²) in [6.07, 6.45) is 0.398. The quantitative estimate of drug-likeness (QED) is 0.841. The molecule has 0 aromatic heterocycles. The van der Waals surface area contributed by atoms with E-state index >= 15 is 0 Å². The number of hydrogen-bond donors (Lipinski definition) is 2. The molecule has 1 aliphatic heterocycles. The Hall–Kier alpha value is -2.07. The molecular weight excluding hydrogens is 269 g/mol. The fourth-order valence-corrected chi connectivity index (χ4v) is 2.85. The van der Waals surface area contributed by atoms with Crippen LogP contribution in [0, 0.1) is 19.7 Å². The average Bonchev–Trinajstić information content (AvgIpc) is 2.43. The first-order valence-corrected chi connectivity index (χ1v) is 6.97. The third-order valence-electron chi connectivity index (χ3n) is 4.00. The van der Waals surface area contributed by atoms with Crippen LogP contribution in [0.5, 0.6) is 11.5 Å². The molecule has 0 radical (unpaired) electrons. The number of aromatic hydroxyl groups is 1. The van der Waals surface area contributed by atoms with Crippen molar-refractivity contribution in [3.63, 3.8) is 0 Å². The van der Waals surface area contributed by atoms with E-state index in [2.05, 4.69) is 0 Å². The summed E-state index contributed by atoms with van der Waals surface area (Å²) in [5.74, 6) is 0.465. The second kappa shape index (κ2) is 5.04. The smallest absolute Gasteiger partial charge is 0.127 e. The van der Waals surface area contributed by atoms with Gasteiger partial charge in [0.15, 0.2) is 0 Å². The van der Waals surface area contributed by atoms with Gasteiger partial charge >= 0.3 is 0 Å². The molecule has 0 fully saturated rings. The van der Waals surface area contributed by atoms with Crippen LogP contribution >= 0.6 is 0 Å². The van der Waals surface area contributed by atoms with E-state index < -0.39 is 0 Å². The predicted octanol–water partition coefficient (Wildman–Crippen LogP) is 3.67. The van der Waals surface area contributed by atoms with Gasteiger partial charge in [0, 0.05) is 24.1 Å².